The molecule has 0 unspecified atom stereocenters. The van der Waals surface area contributed by atoms with E-state index in [0.29, 0.717) is 12.2 Å². The van der Waals surface area contributed by atoms with Crippen molar-refractivity contribution in [3.05, 3.63) is 12.2 Å². The highest BCUT2D eigenvalue weighted by Gasteiger charge is 2.19. The van der Waals surface area contributed by atoms with Gasteiger partial charge in [0.25, 0.3) is 0 Å². The Hall–Kier alpha value is -1.85. The fraction of sp³-hybridized carbons (Fsp3) is 0.500. The van der Waals surface area contributed by atoms with Crippen LogP contribution in [-0.2, 0) is 14.4 Å². The van der Waals surface area contributed by atoms with Crippen LogP contribution in [0.25, 0.3) is 0 Å². The number of rotatable bonds is 3. The highest BCUT2D eigenvalue weighted by Crippen LogP contribution is 2.23. The van der Waals surface area contributed by atoms with E-state index in [1.807, 2.05) is 0 Å². The summed E-state index contributed by atoms with van der Waals surface area (Å²) in [5.74, 6) is -2.42. The van der Waals surface area contributed by atoms with E-state index >= 15 is 0 Å². The summed E-state index contributed by atoms with van der Waals surface area (Å²) in [5, 5.41) is 15.6. The maximum Gasteiger partial charge on any atom is 0.328 e. The molecule has 0 aliphatic heterocycles. The molecule has 0 bridgehead atoms. The molecule has 0 atom stereocenters. The summed E-state index contributed by atoms with van der Waals surface area (Å²) in [4.78, 5) is 29.5. The Balaban J connectivity index is 0.000000281. The van der Waals surface area contributed by atoms with Crippen molar-refractivity contribution in [3.8, 4) is 0 Å². The van der Waals surface area contributed by atoms with E-state index in [1.54, 1.807) is 0 Å². The van der Waals surface area contributed by atoms with Crippen molar-refractivity contribution in [2.24, 2.45) is 11.7 Å². The van der Waals surface area contributed by atoms with Gasteiger partial charge < -0.3 is 15.9 Å². The fourth-order valence-electron chi connectivity index (χ4n) is 1.35. The Kier molecular flexibility index (Phi) is 6.58. The van der Waals surface area contributed by atoms with Crippen LogP contribution in [0.4, 0.5) is 0 Å². The van der Waals surface area contributed by atoms with Gasteiger partial charge in [0.15, 0.2) is 0 Å². The van der Waals surface area contributed by atoms with E-state index < -0.39 is 11.9 Å². The molecule has 0 radical (unpaired) electrons. The van der Waals surface area contributed by atoms with Crippen molar-refractivity contribution in [1.29, 1.82) is 0 Å². The maximum atomic E-state index is 10.4. The lowest BCUT2D eigenvalue weighted by molar-refractivity contribution is -0.134. The number of aliphatic carboxylic acids is 2. The van der Waals surface area contributed by atoms with Crippen molar-refractivity contribution in [2.45, 2.75) is 25.7 Å². The molecular formula is C10H15NO5. The lowest BCUT2D eigenvalue weighted by Crippen LogP contribution is -2.19. The molecule has 6 heteroatoms. The van der Waals surface area contributed by atoms with Gasteiger partial charge in [0.1, 0.15) is 0 Å². The second-order valence-electron chi connectivity index (χ2n) is 3.39. The van der Waals surface area contributed by atoms with Crippen LogP contribution in [-0.4, -0.2) is 28.1 Å². The first-order valence-electron chi connectivity index (χ1n) is 4.86. The van der Waals surface area contributed by atoms with Gasteiger partial charge >= 0.3 is 11.9 Å². The van der Waals surface area contributed by atoms with E-state index in [-0.39, 0.29) is 11.8 Å². The Bertz CT molecular complexity index is 276. The first kappa shape index (κ1) is 14.2. The van der Waals surface area contributed by atoms with Gasteiger partial charge in [-0.05, 0) is 12.8 Å². The molecule has 1 aliphatic carbocycles. The van der Waals surface area contributed by atoms with Crippen LogP contribution in [0.2, 0.25) is 0 Å². The second kappa shape index (κ2) is 7.44. The standard InChI is InChI=1S/C6H11NO.C4H4O4/c7-6(8)5-3-1-2-4-5;5-3(6)1-2-4(7)8/h5H,1-4H2,(H2,7,8);1-2H,(H,5,6)(H,7,8)/b;2-1-. The molecule has 6 nitrogen and oxygen atoms in total. The molecule has 1 fully saturated rings. The number of carbonyl (C=O) groups is 3. The molecule has 0 heterocycles. The number of primary amides is 1. The molecule has 0 aromatic heterocycles. The number of carbonyl (C=O) groups excluding carboxylic acids is 1. The number of amides is 1. The van der Waals surface area contributed by atoms with Crippen molar-refractivity contribution in [1.82, 2.24) is 0 Å². The molecule has 1 saturated carbocycles. The average molecular weight is 229 g/mol. The second-order valence-corrected chi connectivity index (χ2v) is 3.39. The lowest BCUT2D eigenvalue weighted by Gasteiger charge is -1.98. The molecule has 0 aromatic carbocycles. The molecule has 1 aliphatic rings. The van der Waals surface area contributed by atoms with Crippen molar-refractivity contribution in [2.75, 3.05) is 0 Å². The van der Waals surface area contributed by atoms with Gasteiger partial charge in [0, 0.05) is 18.1 Å². The number of hydrogen-bond acceptors (Lipinski definition) is 3. The van der Waals surface area contributed by atoms with Gasteiger partial charge in [0.05, 0.1) is 0 Å². The number of carboxylic acids is 2. The minimum atomic E-state index is -1.26. The summed E-state index contributed by atoms with van der Waals surface area (Å²) in [6.07, 6.45) is 5.54. The van der Waals surface area contributed by atoms with Crippen LogP contribution in [0.3, 0.4) is 0 Å². The molecule has 4 N–H and O–H groups in total. The van der Waals surface area contributed by atoms with E-state index in [9.17, 15) is 14.4 Å². The molecule has 1 rings (SSSR count). The van der Waals surface area contributed by atoms with Crippen LogP contribution in [0.15, 0.2) is 12.2 Å². The molecule has 1 amide bonds. The van der Waals surface area contributed by atoms with Crippen molar-refractivity contribution < 1.29 is 24.6 Å². The SMILES string of the molecule is NC(=O)C1CCCC1.O=C(O)/C=C\C(=O)O. The number of hydrogen-bond donors (Lipinski definition) is 3. The minimum absolute atomic E-state index is 0.109. The minimum Gasteiger partial charge on any atom is -0.478 e. The van der Waals surface area contributed by atoms with Gasteiger partial charge in [-0.2, -0.15) is 0 Å². The van der Waals surface area contributed by atoms with Crippen LogP contribution < -0.4 is 5.73 Å². The summed E-state index contributed by atoms with van der Waals surface area (Å²) >= 11 is 0. The first-order valence-corrected chi connectivity index (χ1v) is 4.86. The molecule has 0 spiro atoms. The highest BCUT2D eigenvalue weighted by molar-refractivity contribution is 5.89. The lowest BCUT2D eigenvalue weighted by atomic mass is 10.1. The maximum absolute atomic E-state index is 10.4. The Morgan fingerprint density at radius 1 is 1.00 bits per heavy atom. The van der Waals surface area contributed by atoms with Gasteiger partial charge in [-0.25, -0.2) is 9.59 Å². The van der Waals surface area contributed by atoms with Gasteiger partial charge in [-0.3, -0.25) is 4.79 Å². The van der Waals surface area contributed by atoms with E-state index in [1.165, 1.54) is 12.8 Å². The van der Waals surface area contributed by atoms with Gasteiger partial charge in [0.2, 0.25) is 5.91 Å². The van der Waals surface area contributed by atoms with Gasteiger partial charge in [-0.1, -0.05) is 12.8 Å². The van der Waals surface area contributed by atoms with Crippen LogP contribution in [0.1, 0.15) is 25.7 Å². The predicted molar refractivity (Wildman–Crippen MR) is 55.6 cm³/mol. The van der Waals surface area contributed by atoms with Crippen molar-refractivity contribution >= 4 is 17.8 Å². The summed E-state index contributed by atoms with van der Waals surface area (Å²) in [7, 11) is 0. The monoisotopic (exact) mass is 229 g/mol. The number of carboxylic acid groups (broad SMARTS) is 2. The largest absolute Gasteiger partial charge is 0.478 e. The summed E-state index contributed by atoms with van der Waals surface area (Å²) in [6, 6.07) is 0. The number of nitrogens with two attached hydrogens (primary N) is 1. The smallest absolute Gasteiger partial charge is 0.328 e. The van der Waals surface area contributed by atoms with Gasteiger partial charge in [-0.15, -0.1) is 0 Å². The molecular weight excluding hydrogens is 214 g/mol. The molecule has 16 heavy (non-hydrogen) atoms. The van der Waals surface area contributed by atoms with Crippen molar-refractivity contribution in [3.63, 3.8) is 0 Å². The van der Waals surface area contributed by atoms with E-state index in [4.69, 9.17) is 15.9 Å². The third-order valence-corrected chi connectivity index (χ3v) is 2.13. The van der Waals surface area contributed by atoms with Crippen LogP contribution in [0, 0.1) is 5.92 Å². The fourth-order valence-corrected chi connectivity index (χ4v) is 1.35. The zero-order valence-corrected chi connectivity index (χ0v) is 8.76. The summed E-state index contributed by atoms with van der Waals surface area (Å²) in [6.45, 7) is 0. The molecule has 0 aromatic rings. The third kappa shape index (κ3) is 7.54. The third-order valence-electron chi connectivity index (χ3n) is 2.13. The first-order chi connectivity index (χ1) is 7.43. The van der Waals surface area contributed by atoms with Crippen LogP contribution >= 0.6 is 0 Å². The normalized spacial score (nSPS) is 15.5. The Morgan fingerprint density at radius 2 is 1.38 bits per heavy atom. The Morgan fingerprint density at radius 3 is 1.56 bits per heavy atom. The molecule has 90 valence electrons. The Labute approximate surface area is 92.7 Å². The zero-order valence-electron chi connectivity index (χ0n) is 8.76. The topological polar surface area (TPSA) is 118 Å². The van der Waals surface area contributed by atoms with E-state index in [0.717, 1.165) is 12.8 Å². The summed E-state index contributed by atoms with van der Waals surface area (Å²) in [5.41, 5.74) is 5.06. The van der Waals surface area contributed by atoms with Crippen LogP contribution in [0.5, 0.6) is 0 Å². The quantitative estimate of drug-likeness (QED) is 0.604. The summed E-state index contributed by atoms with van der Waals surface area (Å²) < 4.78 is 0. The highest BCUT2D eigenvalue weighted by atomic mass is 16.4. The predicted octanol–water partition coefficient (Wildman–Crippen LogP) is 0.374. The zero-order chi connectivity index (χ0) is 12.6. The van der Waals surface area contributed by atoms with E-state index in [2.05, 4.69) is 0 Å². The average Bonchev–Trinajstić information content (AvgIpc) is 2.68. The molecule has 0 saturated heterocycles.